The molecule has 0 aliphatic rings. The minimum absolute atomic E-state index is 0.0352. The van der Waals surface area contributed by atoms with Gasteiger partial charge in [-0.25, -0.2) is 9.37 Å². The fraction of sp³-hybridized carbons (Fsp3) is 0.133. The summed E-state index contributed by atoms with van der Waals surface area (Å²) in [6, 6.07) is 13.1. The second kappa shape index (κ2) is 5.50. The predicted octanol–water partition coefficient (Wildman–Crippen LogP) is 5.37. The van der Waals surface area contributed by atoms with Crippen LogP contribution in [0.5, 0.6) is 0 Å². The van der Waals surface area contributed by atoms with E-state index in [1.54, 1.807) is 17.4 Å². The van der Waals surface area contributed by atoms with E-state index in [-0.39, 0.29) is 11.9 Å². The first kappa shape index (κ1) is 13.5. The average Bonchev–Trinajstić information content (AvgIpc) is 2.87. The summed E-state index contributed by atoms with van der Waals surface area (Å²) in [4.78, 5) is 4.60. The van der Waals surface area contributed by atoms with E-state index < -0.39 is 0 Å². The van der Waals surface area contributed by atoms with Crippen molar-refractivity contribution in [2.45, 2.75) is 13.0 Å². The first-order valence-corrected chi connectivity index (χ1v) is 7.81. The lowest BCUT2D eigenvalue weighted by molar-refractivity contribution is 0.621. The van der Waals surface area contributed by atoms with Crippen molar-refractivity contribution >= 4 is 43.2 Å². The van der Waals surface area contributed by atoms with Gasteiger partial charge in [0.2, 0.25) is 0 Å². The zero-order valence-electron chi connectivity index (χ0n) is 10.7. The molecule has 3 rings (SSSR count). The van der Waals surface area contributed by atoms with Gasteiger partial charge in [-0.3, -0.25) is 0 Å². The van der Waals surface area contributed by atoms with Crippen molar-refractivity contribution < 1.29 is 4.39 Å². The van der Waals surface area contributed by atoms with Crippen molar-refractivity contribution in [3.63, 3.8) is 0 Å². The maximum absolute atomic E-state index is 13.5. The molecule has 0 aliphatic carbocycles. The number of thiazole rings is 1. The van der Waals surface area contributed by atoms with Crippen LogP contribution in [0.15, 0.2) is 46.9 Å². The number of hydrogen-bond acceptors (Lipinski definition) is 3. The van der Waals surface area contributed by atoms with Crippen LogP contribution in [0.2, 0.25) is 0 Å². The van der Waals surface area contributed by atoms with Gasteiger partial charge in [-0.15, -0.1) is 11.3 Å². The number of fused-ring (bicyclic) bond motifs is 1. The van der Waals surface area contributed by atoms with E-state index in [4.69, 9.17) is 0 Å². The van der Waals surface area contributed by atoms with Crippen LogP contribution < -0.4 is 5.32 Å². The molecule has 1 N–H and O–H groups in total. The third-order valence-electron chi connectivity index (χ3n) is 2.98. The van der Waals surface area contributed by atoms with Gasteiger partial charge >= 0.3 is 0 Å². The van der Waals surface area contributed by atoms with Crippen molar-refractivity contribution in [1.82, 2.24) is 4.98 Å². The highest BCUT2D eigenvalue weighted by Gasteiger charge is 2.12. The van der Waals surface area contributed by atoms with Crippen molar-refractivity contribution in [2.24, 2.45) is 0 Å². The number of hydrogen-bond donors (Lipinski definition) is 1. The largest absolute Gasteiger partial charge is 0.376 e. The van der Waals surface area contributed by atoms with E-state index in [9.17, 15) is 4.39 Å². The first-order valence-electron chi connectivity index (χ1n) is 6.20. The Balaban J connectivity index is 1.84. The first-order chi connectivity index (χ1) is 9.63. The second-order valence-electron chi connectivity index (χ2n) is 4.51. The Kier molecular flexibility index (Phi) is 3.72. The molecule has 2 nitrogen and oxygen atoms in total. The SMILES string of the molecule is CC(Nc1ccc(Br)c(F)c1)c1nc2ccccc2s1. The molecule has 0 fully saturated rings. The number of benzene rings is 2. The molecule has 3 aromatic rings. The van der Waals surface area contributed by atoms with Gasteiger partial charge in [0.25, 0.3) is 0 Å². The summed E-state index contributed by atoms with van der Waals surface area (Å²) in [5.74, 6) is -0.272. The Morgan fingerprint density at radius 1 is 1.25 bits per heavy atom. The van der Waals surface area contributed by atoms with E-state index in [0.29, 0.717) is 4.47 Å². The van der Waals surface area contributed by atoms with E-state index in [2.05, 4.69) is 32.3 Å². The molecule has 0 saturated heterocycles. The number of halogens is 2. The van der Waals surface area contributed by atoms with Gasteiger partial charge in [0.15, 0.2) is 0 Å². The molecule has 1 heterocycles. The van der Waals surface area contributed by atoms with Crippen molar-refractivity contribution in [3.05, 3.63) is 57.8 Å². The van der Waals surface area contributed by atoms with Gasteiger partial charge in [0.1, 0.15) is 10.8 Å². The zero-order valence-corrected chi connectivity index (χ0v) is 13.1. The number of nitrogens with zero attached hydrogens (tertiary/aromatic N) is 1. The molecule has 1 unspecified atom stereocenters. The van der Waals surface area contributed by atoms with E-state index >= 15 is 0 Å². The molecular weight excluding hydrogens is 339 g/mol. The lowest BCUT2D eigenvalue weighted by atomic mass is 10.2. The van der Waals surface area contributed by atoms with Gasteiger partial charge in [0.05, 0.1) is 20.7 Å². The summed E-state index contributed by atoms with van der Waals surface area (Å²) >= 11 is 4.81. The molecular formula is C15H12BrFN2S. The zero-order chi connectivity index (χ0) is 14.1. The topological polar surface area (TPSA) is 24.9 Å². The molecule has 0 bridgehead atoms. The predicted molar refractivity (Wildman–Crippen MR) is 85.8 cm³/mol. The molecule has 2 aromatic carbocycles. The maximum Gasteiger partial charge on any atom is 0.139 e. The normalized spacial score (nSPS) is 12.6. The summed E-state index contributed by atoms with van der Waals surface area (Å²) in [5, 5.41) is 4.27. The fourth-order valence-corrected chi connectivity index (χ4v) is 3.19. The van der Waals surface area contributed by atoms with E-state index in [1.807, 2.05) is 31.2 Å². The highest BCUT2D eigenvalue weighted by molar-refractivity contribution is 9.10. The number of anilines is 1. The Morgan fingerprint density at radius 2 is 2.05 bits per heavy atom. The van der Waals surface area contributed by atoms with Crippen molar-refractivity contribution in [2.75, 3.05) is 5.32 Å². The molecule has 102 valence electrons. The molecule has 0 aliphatic heterocycles. The molecule has 0 amide bonds. The average molecular weight is 351 g/mol. The van der Waals surface area contributed by atoms with Gasteiger partial charge in [-0.1, -0.05) is 12.1 Å². The molecule has 0 spiro atoms. The maximum atomic E-state index is 13.5. The minimum atomic E-state index is -0.272. The number of aromatic nitrogens is 1. The molecule has 1 aromatic heterocycles. The minimum Gasteiger partial charge on any atom is -0.376 e. The molecule has 20 heavy (non-hydrogen) atoms. The standard InChI is InChI=1S/C15H12BrFN2S/c1-9(18-10-6-7-11(16)12(17)8-10)15-19-13-4-2-3-5-14(13)20-15/h2-9,18H,1H3. The summed E-state index contributed by atoms with van der Waals surface area (Å²) in [6.45, 7) is 2.03. The number of para-hydroxylation sites is 1. The Labute approximate surface area is 128 Å². The highest BCUT2D eigenvalue weighted by atomic mass is 79.9. The fourth-order valence-electron chi connectivity index (χ4n) is 1.97. The molecule has 0 saturated carbocycles. The third-order valence-corrected chi connectivity index (χ3v) is 4.85. The van der Waals surface area contributed by atoms with Gasteiger partial charge in [0, 0.05) is 5.69 Å². The molecule has 1 atom stereocenters. The van der Waals surface area contributed by atoms with Gasteiger partial charge in [-0.05, 0) is 53.2 Å². The van der Waals surface area contributed by atoms with Crippen LogP contribution in [0.1, 0.15) is 18.0 Å². The Bertz CT molecular complexity index is 723. The Morgan fingerprint density at radius 3 is 2.80 bits per heavy atom. The molecule has 5 heteroatoms. The van der Waals surface area contributed by atoms with Crippen LogP contribution in [0.25, 0.3) is 10.2 Å². The quantitative estimate of drug-likeness (QED) is 0.686. The van der Waals surface area contributed by atoms with Crippen LogP contribution >= 0.6 is 27.3 Å². The summed E-state index contributed by atoms with van der Waals surface area (Å²) in [7, 11) is 0. The van der Waals surface area contributed by atoms with Crippen LogP contribution in [-0.4, -0.2) is 4.98 Å². The summed E-state index contributed by atoms with van der Waals surface area (Å²) in [5.41, 5.74) is 1.75. The van der Waals surface area contributed by atoms with Crippen molar-refractivity contribution in [1.29, 1.82) is 0 Å². The highest BCUT2D eigenvalue weighted by Crippen LogP contribution is 2.29. The summed E-state index contributed by atoms with van der Waals surface area (Å²) < 4.78 is 15.1. The van der Waals surface area contributed by atoms with Crippen LogP contribution in [0, 0.1) is 5.82 Å². The van der Waals surface area contributed by atoms with E-state index in [1.165, 1.54) is 6.07 Å². The monoisotopic (exact) mass is 350 g/mol. The van der Waals surface area contributed by atoms with Crippen LogP contribution in [0.3, 0.4) is 0 Å². The van der Waals surface area contributed by atoms with Gasteiger partial charge in [-0.2, -0.15) is 0 Å². The summed E-state index contributed by atoms with van der Waals surface area (Å²) in [6.07, 6.45) is 0. The lowest BCUT2D eigenvalue weighted by Gasteiger charge is -2.12. The molecule has 0 radical (unpaired) electrons. The smallest absolute Gasteiger partial charge is 0.139 e. The third kappa shape index (κ3) is 2.69. The van der Waals surface area contributed by atoms with Crippen LogP contribution in [-0.2, 0) is 0 Å². The lowest BCUT2D eigenvalue weighted by Crippen LogP contribution is -2.06. The van der Waals surface area contributed by atoms with Gasteiger partial charge < -0.3 is 5.32 Å². The number of nitrogens with one attached hydrogen (secondary N) is 1. The van der Waals surface area contributed by atoms with E-state index in [0.717, 1.165) is 20.9 Å². The Hall–Kier alpha value is -1.46. The van der Waals surface area contributed by atoms with Crippen LogP contribution in [0.4, 0.5) is 10.1 Å². The second-order valence-corrected chi connectivity index (χ2v) is 6.43. The van der Waals surface area contributed by atoms with Crippen molar-refractivity contribution in [3.8, 4) is 0 Å². The number of rotatable bonds is 3.